The zero-order valence-corrected chi connectivity index (χ0v) is 24.4. The van der Waals surface area contributed by atoms with Gasteiger partial charge >= 0.3 is 6.15 Å². The van der Waals surface area contributed by atoms with E-state index in [-0.39, 0.29) is 12.0 Å². The zero-order valence-electron chi connectivity index (χ0n) is 24.4. The van der Waals surface area contributed by atoms with E-state index in [4.69, 9.17) is 28.5 Å². The van der Waals surface area contributed by atoms with Crippen molar-refractivity contribution in [2.75, 3.05) is 19.8 Å². The zero-order chi connectivity index (χ0) is 29.6. The summed E-state index contributed by atoms with van der Waals surface area (Å²) < 4.78 is 32.0. The lowest BCUT2D eigenvalue weighted by molar-refractivity contribution is -0.191. The molecule has 0 N–H and O–H groups in total. The summed E-state index contributed by atoms with van der Waals surface area (Å²) in [4.78, 5) is 23.7. The molecule has 0 spiro atoms. The molecule has 1 unspecified atom stereocenters. The molecule has 7 nitrogen and oxygen atoms in total. The molecule has 0 amide bonds. The van der Waals surface area contributed by atoms with Crippen molar-refractivity contribution in [1.29, 1.82) is 0 Å². The van der Waals surface area contributed by atoms with Crippen LogP contribution in [-0.4, -0.2) is 41.8 Å². The first-order valence-electron chi connectivity index (χ1n) is 14.7. The van der Waals surface area contributed by atoms with Crippen LogP contribution in [0.25, 0.3) is 22.2 Å². The number of benzene rings is 3. The summed E-state index contributed by atoms with van der Waals surface area (Å²) >= 11 is 0. The van der Waals surface area contributed by atoms with Gasteiger partial charge in [0, 0.05) is 19.0 Å². The Morgan fingerprint density at radius 3 is 2.33 bits per heavy atom. The number of likely N-dealkylation sites (tertiary alicyclic amines) is 1. The van der Waals surface area contributed by atoms with Gasteiger partial charge in [-0.05, 0) is 112 Å². The molecule has 3 atom stereocenters. The molecule has 1 aliphatic heterocycles. The molecule has 3 aromatic carbocycles. The van der Waals surface area contributed by atoms with Crippen molar-refractivity contribution >= 4 is 17.3 Å². The van der Waals surface area contributed by atoms with Crippen molar-refractivity contribution in [3.8, 4) is 22.6 Å². The fraction of sp³-hybridized carbons (Fsp3) is 0.412. The number of fused-ring (bicyclic) bond motifs is 2. The van der Waals surface area contributed by atoms with Crippen molar-refractivity contribution in [1.82, 2.24) is 9.88 Å². The van der Waals surface area contributed by atoms with E-state index in [0.29, 0.717) is 31.1 Å². The monoisotopic (exact) mass is 572 g/mol. The van der Waals surface area contributed by atoms with Crippen LogP contribution in [0, 0.1) is 24.6 Å². The highest BCUT2D eigenvalue weighted by atomic mass is 19.1. The summed E-state index contributed by atoms with van der Waals surface area (Å²) in [6.07, 6.45) is 4.79. The van der Waals surface area contributed by atoms with Crippen molar-refractivity contribution in [2.24, 2.45) is 11.8 Å². The van der Waals surface area contributed by atoms with Gasteiger partial charge < -0.3 is 13.9 Å². The second-order valence-corrected chi connectivity index (χ2v) is 11.0. The molecule has 2 heterocycles. The van der Waals surface area contributed by atoms with E-state index in [0.717, 1.165) is 59.1 Å². The molecule has 1 aromatic heterocycles. The van der Waals surface area contributed by atoms with Gasteiger partial charge in [-0.1, -0.05) is 18.2 Å². The summed E-state index contributed by atoms with van der Waals surface area (Å²) in [5, 5.41) is 0. The quantitative estimate of drug-likeness (QED) is 0.214. The summed E-state index contributed by atoms with van der Waals surface area (Å²) in [6.45, 7) is 9.11. The lowest BCUT2D eigenvalue weighted by Gasteiger charge is -2.25. The predicted molar refractivity (Wildman–Crippen MR) is 157 cm³/mol. The molecule has 4 aromatic rings. The Kier molecular flexibility index (Phi) is 9.35. The number of rotatable bonds is 9. The number of hydrogen-bond donors (Lipinski definition) is 0. The summed E-state index contributed by atoms with van der Waals surface area (Å²) in [5.41, 5.74) is 6.01. The molecule has 2 fully saturated rings. The first kappa shape index (κ1) is 29.5. The van der Waals surface area contributed by atoms with Crippen molar-refractivity contribution in [3.05, 3.63) is 77.4 Å². The topological polar surface area (TPSA) is 81.9 Å². The molecule has 0 radical (unpaired) electrons. The Labute approximate surface area is 245 Å². The Hall–Kier alpha value is -4.00. The third kappa shape index (κ3) is 6.40. The molecule has 2 aliphatic rings. The molecular weight excluding hydrogens is 535 g/mol. The lowest BCUT2D eigenvalue weighted by Crippen LogP contribution is -2.30. The van der Waals surface area contributed by atoms with Crippen LogP contribution >= 0.6 is 0 Å². The van der Waals surface area contributed by atoms with E-state index >= 15 is 0 Å². The van der Waals surface area contributed by atoms with Crippen LogP contribution in [0.3, 0.4) is 0 Å². The molecular formula is C34H37FN2O5. The fourth-order valence-corrected chi connectivity index (χ4v) is 6.74. The predicted octanol–water partition coefficient (Wildman–Crippen LogP) is 7.00. The number of ether oxygens (including phenoxy) is 2. The van der Waals surface area contributed by atoms with Crippen LogP contribution < -0.4 is 9.47 Å². The Bertz CT molecular complexity index is 1520. The van der Waals surface area contributed by atoms with Crippen LogP contribution in [0.2, 0.25) is 0 Å². The number of oxazole rings is 1. The number of halogens is 1. The first-order chi connectivity index (χ1) is 20.4. The van der Waals surface area contributed by atoms with Crippen LogP contribution in [-0.2, 0) is 22.6 Å². The molecule has 42 heavy (non-hydrogen) atoms. The average molecular weight is 573 g/mol. The minimum Gasteiger partial charge on any atom is -0.493 e. The molecule has 0 bridgehead atoms. The van der Waals surface area contributed by atoms with Crippen LogP contribution in [0.15, 0.2) is 59.0 Å². The highest BCUT2D eigenvalue weighted by molar-refractivity contribution is 5.77. The van der Waals surface area contributed by atoms with Crippen LogP contribution in [0.5, 0.6) is 11.5 Å². The van der Waals surface area contributed by atoms with Gasteiger partial charge in [0.2, 0.25) is 0 Å². The lowest BCUT2D eigenvalue weighted by atomic mass is 9.90. The SMILES string of the molecule is CCOc1cc(CN2CC[C@H]3C(Cc4nc5ccc(C)cc5o4)CC[C@H]32)cc(OCC)c1-c1ccc(F)cc1.O=C=O. The fourth-order valence-electron chi connectivity index (χ4n) is 6.74. The second kappa shape index (κ2) is 13.3. The normalized spacial score (nSPS) is 19.7. The Balaban J connectivity index is 0.00000113. The van der Waals surface area contributed by atoms with Crippen molar-refractivity contribution < 1.29 is 27.9 Å². The maximum Gasteiger partial charge on any atom is 0.373 e. The standard InChI is InChI=1S/C33H37FN2O3.CO2/c1-4-37-30-17-22(18-31(38-5-2)33(30)23-7-10-25(34)11-8-23)20-36-15-14-26-24(9-13-28(26)36)19-32-35-27-12-6-21(3)16-29(27)39-32;2-1-3/h6-8,10-12,16-18,24,26,28H,4-5,9,13-15,19-20H2,1-3H3;/t24?,26-,28+;/m0./s1. The van der Waals surface area contributed by atoms with Crippen LogP contribution in [0.4, 0.5) is 4.39 Å². The van der Waals surface area contributed by atoms with E-state index in [9.17, 15) is 4.39 Å². The smallest absolute Gasteiger partial charge is 0.373 e. The third-order valence-electron chi connectivity index (χ3n) is 8.42. The Morgan fingerprint density at radius 1 is 0.976 bits per heavy atom. The van der Waals surface area contributed by atoms with Gasteiger partial charge in [-0.25, -0.2) is 9.37 Å². The summed E-state index contributed by atoms with van der Waals surface area (Å²) in [6, 6.07) is 17.6. The largest absolute Gasteiger partial charge is 0.493 e. The first-order valence-corrected chi connectivity index (χ1v) is 14.7. The van der Waals surface area contributed by atoms with Gasteiger partial charge in [-0.2, -0.15) is 9.59 Å². The van der Waals surface area contributed by atoms with Gasteiger partial charge in [-0.3, -0.25) is 4.90 Å². The molecule has 8 heteroatoms. The Morgan fingerprint density at radius 2 is 1.67 bits per heavy atom. The van der Waals surface area contributed by atoms with Gasteiger partial charge in [0.1, 0.15) is 22.8 Å². The van der Waals surface area contributed by atoms with Gasteiger partial charge in [0.15, 0.2) is 11.5 Å². The molecule has 6 rings (SSSR count). The molecule has 220 valence electrons. The van der Waals surface area contributed by atoms with Crippen molar-refractivity contribution in [3.63, 3.8) is 0 Å². The van der Waals surface area contributed by atoms with Gasteiger partial charge in [0.05, 0.1) is 18.8 Å². The second-order valence-electron chi connectivity index (χ2n) is 11.0. The molecule has 1 saturated carbocycles. The van der Waals surface area contributed by atoms with Crippen LogP contribution in [0.1, 0.15) is 50.1 Å². The minimum atomic E-state index is -0.254. The van der Waals surface area contributed by atoms with Crippen molar-refractivity contribution in [2.45, 2.75) is 59.0 Å². The molecule has 1 aliphatic carbocycles. The van der Waals surface area contributed by atoms with E-state index < -0.39 is 0 Å². The van der Waals surface area contributed by atoms with E-state index in [1.807, 2.05) is 13.8 Å². The summed E-state index contributed by atoms with van der Waals surface area (Å²) in [5.74, 6) is 3.47. The molecule has 1 saturated heterocycles. The third-order valence-corrected chi connectivity index (χ3v) is 8.42. The number of nitrogens with zero attached hydrogens (tertiary/aromatic N) is 2. The highest BCUT2D eigenvalue weighted by Gasteiger charge is 2.44. The average Bonchev–Trinajstić information content (AvgIpc) is 3.67. The van der Waals surface area contributed by atoms with E-state index in [1.165, 1.54) is 42.5 Å². The maximum absolute atomic E-state index is 13.6. The van der Waals surface area contributed by atoms with Gasteiger partial charge in [0.25, 0.3) is 0 Å². The number of carbonyl (C=O) groups excluding carboxylic acids is 2. The number of hydrogen-bond acceptors (Lipinski definition) is 7. The number of aryl methyl sites for hydroxylation is 1. The van der Waals surface area contributed by atoms with E-state index in [1.54, 1.807) is 12.1 Å². The van der Waals surface area contributed by atoms with Gasteiger partial charge in [-0.15, -0.1) is 0 Å². The summed E-state index contributed by atoms with van der Waals surface area (Å²) in [7, 11) is 0. The maximum atomic E-state index is 13.6. The highest BCUT2D eigenvalue weighted by Crippen LogP contribution is 2.45. The minimum absolute atomic E-state index is 0.250. The number of aromatic nitrogens is 1. The van der Waals surface area contributed by atoms with E-state index in [2.05, 4.69) is 42.2 Å².